The standard InChI is InChI=1S/C12H25NS/c1-3-14-10-6-8-11-7-4-5-9-12(11)13-2/h11-13H,3-10H2,1-2H3. The second kappa shape index (κ2) is 7.58. The number of rotatable bonds is 6. The van der Waals surface area contributed by atoms with Crippen molar-refractivity contribution in [3.63, 3.8) is 0 Å². The third-order valence-corrected chi connectivity index (χ3v) is 4.33. The van der Waals surface area contributed by atoms with Crippen molar-refractivity contribution in [2.75, 3.05) is 18.6 Å². The molecule has 1 fully saturated rings. The third-order valence-electron chi connectivity index (χ3n) is 3.35. The fourth-order valence-electron chi connectivity index (χ4n) is 2.53. The van der Waals surface area contributed by atoms with Gasteiger partial charge in [-0.05, 0) is 50.2 Å². The highest BCUT2D eigenvalue weighted by Crippen LogP contribution is 2.28. The summed E-state index contributed by atoms with van der Waals surface area (Å²) in [5.41, 5.74) is 0. The minimum Gasteiger partial charge on any atom is -0.317 e. The van der Waals surface area contributed by atoms with Gasteiger partial charge < -0.3 is 5.32 Å². The SMILES string of the molecule is CCSCCCC1CCCCC1NC. The van der Waals surface area contributed by atoms with Crippen LogP contribution in [0.3, 0.4) is 0 Å². The van der Waals surface area contributed by atoms with Crippen LogP contribution >= 0.6 is 11.8 Å². The molecule has 0 spiro atoms. The fraction of sp³-hybridized carbons (Fsp3) is 1.00. The van der Waals surface area contributed by atoms with E-state index in [1.807, 2.05) is 0 Å². The van der Waals surface area contributed by atoms with Gasteiger partial charge in [0.05, 0.1) is 0 Å². The topological polar surface area (TPSA) is 12.0 Å². The van der Waals surface area contributed by atoms with Crippen molar-refractivity contribution < 1.29 is 0 Å². The van der Waals surface area contributed by atoms with Crippen LogP contribution in [0, 0.1) is 5.92 Å². The van der Waals surface area contributed by atoms with Crippen molar-refractivity contribution in [3.05, 3.63) is 0 Å². The molecule has 1 aliphatic carbocycles. The van der Waals surface area contributed by atoms with E-state index in [1.54, 1.807) is 0 Å². The molecule has 0 saturated heterocycles. The lowest BCUT2D eigenvalue weighted by Gasteiger charge is -2.31. The molecule has 1 saturated carbocycles. The van der Waals surface area contributed by atoms with E-state index in [1.165, 1.54) is 50.0 Å². The molecule has 1 nitrogen and oxygen atoms in total. The molecule has 0 bridgehead atoms. The molecule has 0 aromatic heterocycles. The Morgan fingerprint density at radius 2 is 2.07 bits per heavy atom. The maximum Gasteiger partial charge on any atom is 0.00923 e. The minimum atomic E-state index is 0.815. The molecule has 1 aliphatic rings. The number of hydrogen-bond donors (Lipinski definition) is 1. The van der Waals surface area contributed by atoms with E-state index in [4.69, 9.17) is 0 Å². The third kappa shape index (κ3) is 4.22. The molecular formula is C12H25NS. The lowest BCUT2D eigenvalue weighted by molar-refractivity contribution is 0.259. The van der Waals surface area contributed by atoms with Gasteiger partial charge in [0.15, 0.2) is 0 Å². The lowest BCUT2D eigenvalue weighted by atomic mass is 9.82. The molecule has 0 aliphatic heterocycles. The largest absolute Gasteiger partial charge is 0.317 e. The highest BCUT2D eigenvalue weighted by Gasteiger charge is 2.22. The summed E-state index contributed by atoms with van der Waals surface area (Å²) in [4.78, 5) is 0. The van der Waals surface area contributed by atoms with Gasteiger partial charge in [0, 0.05) is 6.04 Å². The summed E-state index contributed by atoms with van der Waals surface area (Å²) in [6.45, 7) is 2.25. The first-order valence-electron chi connectivity index (χ1n) is 6.13. The van der Waals surface area contributed by atoms with Gasteiger partial charge in [0.25, 0.3) is 0 Å². The normalized spacial score (nSPS) is 27.9. The molecule has 84 valence electrons. The molecule has 2 unspecified atom stereocenters. The summed E-state index contributed by atoms with van der Waals surface area (Å²) in [5.74, 6) is 3.61. The van der Waals surface area contributed by atoms with Gasteiger partial charge in [0.1, 0.15) is 0 Å². The van der Waals surface area contributed by atoms with E-state index in [2.05, 4.69) is 31.1 Å². The van der Waals surface area contributed by atoms with E-state index in [-0.39, 0.29) is 0 Å². The van der Waals surface area contributed by atoms with Crippen molar-refractivity contribution in [2.24, 2.45) is 5.92 Å². The highest BCUT2D eigenvalue weighted by atomic mass is 32.2. The van der Waals surface area contributed by atoms with Gasteiger partial charge in [-0.25, -0.2) is 0 Å². The quantitative estimate of drug-likeness (QED) is 0.682. The van der Waals surface area contributed by atoms with Crippen LogP contribution in [-0.2, 0) is 0 Å². The molecule has 0 heterocycles. The van der Waals surface area contributed by atoms with Crippen LogP contribution in [0.2, 0.25) is 0 Å². The Hall–Kier alpha value is 0.310. The van der Waals surface area contributed by atoms with Gasteiger partial charge in [-0.2, -0.15) is 11.8 Å². The first-order valence-corrected chi connectivity index (χ1v) is 7.29. The Balaban J connectivity index is 2.13. The second-order valence-electron chi connectivity index (χ2n) is 4.28. The van der Waals surface area contributed by atoms with Gasteiger partial charge in [-0.15, -0.1) is 0 Å². The van der Waals surface area contributed by atoms with E-state index in [9.17, 15) is 0 Å². The van der Waals surface area contributed by atoms with Crippen LogP contribution < -0.4 is 5.32 Å². The first kappa shape index (κ1) is 12.4. The maximum atomic E-state index is 3.49. The first-order chi connectivity index (χ1) is 6.88. The molecule has 1 rings (SSSR count). The molecule has 0 aromatic rings. The van der Waals surface area contributed by atoms with E-state index < -0.39 is 0 Å². The predicted molar refractivity (Wildman–Crippen MR) is 67.0 cm³/mol. The smallest absolute Gasteiger partial charge is 0.00923 e. The zero-order chi connectivity index (χ0) is 10.2. The van der Waals surface area contributed by atoms with Crippen molar-refractivity contribution >= 4 is 11.8 Å². The number of thioether (sulfide) groups is 1. The number of nitrogens with one attached hydrogen (secondary N) is 1. The van der Waals surface area contributed by atoms with Crippen molar-refractivity contribution in [1.29, 1.82) is 0 Å². The number of hydrogen-bond acceptors (Lipinski definition) is 2. The zero-order valence-corrected chi connectivity index (χ0v) is 10.5. The van der Waals surface area contributed by atoms with Crippen molar-refractivity contribution in [3.8, 4) is 0 Å². The monoisotopic (exact) mass is 215 g/mol. The summed E-state index contributed by atoms with van der Waals surface area (Å²) >= 11 is 2.09. The van der Waals surface area contributed by atoms with Gasteiger partial charge in [-0.1, -0.05) is 19.8 Å². The Bertz CT molecular complexity index is 138. The van der Waals surface area contributed by atoms with Crippen LogP contribution in [0.4, 0.5) is 0 Å². The Morgan fingerprint density at radius 1 is 1.29 bits per heavy atom. The van der Waals surface area contributed by atoms with Crippen LogP contribution in [0.25, 0.3) is 0 Å². The van der Waals surface area contributed by atoms with E-state index >= 15 is 0 Å². The molecular weight excluding hydrogens is 190 g/mol. The van der Waals surface area contributed by atoms with Crippen LogP contribution in [0.1, 0.15) is 45.4 Å². The molecule has 14 heavy (non-hydrogen) atoms. The minimum absolute atomic E-state index is 0.815. The summed E-state index contributed by atoms with van der Waals surface area (Å²) in [5, 5.41) is 3.49. The fourth-order valence-corrected chi connectivity index (χ4v) is 3.18. The molecule has 2 heteroatoms. The Labute approximate surface area is 93.4 Å². The lowest BCUT2D eigenvalue weighted by Crippen LogP contribution is -2.36. The average molecular weight is 215 g/mol. The highest BCUT2D eigenvalue weighted by molar-refractivity contribution is 7.99. The molecule has 0 amide bonds. The van der Waals surface area contributed by atoms with Crippen LogP contribution in [0.15, 0.2) is 0 Å². The molecule has 2 atom stereocenters. The van der Waals surface area contributed by atoms with Crippen LogP contribution in [0.5, 0.6) is 0 Å². The van der Waals surface area contributed by atoms with E-state index in [0.717, 1.165) is 12.0 Å². The molecule has 0 aromatic carbocycles. The van der Waals surface area contributed by atoms with Gasteiger partial charge >= 0.3 is 0 Å². The molecule has 0 radical (unpaired) electrons. The Kier molecular flexibility index (Phi) is 6.70. The zero-order valence-electron chi connectivity index (χ0n) is 9.72. The van der Waals surface area contributed by atoms with Gasteiger partial charge in [-0.3, -0.25) is 0 Å². The Morgan fingerprint density at radius 3 is 2.79 bits per heavy atom. The summed E-state index contributed by atoms with van der Waals surface area (Å²) in [6.07, 6.45) is 8.62. The summed E-state index contributed by atoms with van der Waals surface area (Å²) in [7, 11) is 2.13. The van der Waals surface area contributed by atoms with Crippen LogP contribution in [-0.4, -0.2) is 24.6 Å². The van der Waals surface area contributed by atoms with E-state index in [0.29, 0.717) is 0 Å². The van der Waals surface area contributed by atoms with Crippen molar-refractivity contribution in [2.45, 2.75) is 51.5 Å². The maximum absolute atomic E-state index is 3.49. The summed E-state index contributed by atoms with van der Waals surface area (Å²) < 4.78 is 0. The van der Waals surface area contributed by atoms with Crippen molar-refractivity contribution in [1.82, 2.24) is 5.32 Å². The molecule has 1 N–H and O–H groups in total. The summed E-state index contributed by atoms with van der Waals surface area (Å²) in [6, 6.07) is 0.815. The second-order valence-corrected chi connectivity index (χ2v) is 5.67. The predicted octanol–water partition coefficient (Wildman–Crippen LogP) is 3.30. The average Bonchev–Trinajstić information content (AvgIpc) is 2.25. The van der Waals surface area contributed by atoms with Gasteiger partial charge in [0.2, 0.25) is 0 Å².